The largest absolute Gasteiger partial charge is 0.356 e. The molecule has 0 aromatic rings. The minimum absolute atomic E-state index is 0.113. The molecule has 0 bridgehead atoms. The van der Waals surface area contributed by atoms with E-state index >= 15 is 0 Å². The molecule has 1 amide bonds. The van der Waals surface area contributed by atoms with Gasteiger partial charge in [-0.15, -0.1) is 0 Å². The first-order valence-corrected chi connectivity index (χ1v) is 4.20. The lowest BCUT2D eigenvalue weighted by Crippen LogP contribution is -2.43. The molecule has 0 aromatic carbocycles. The number of amides is 1. The Bertz CT molecular complexity index is 215. The molecule has 1 heterocycles. The predicted molar refractivity (Wildman–Crippen MR) is 49.8 cm³/mol. The molecule has 6 heteroatoms. The van der Waals surface area contributed by atoms with Crippen LogP contribution in [0.2, 0.25) is 0 Å². The number of nitrogens with one attached hydrogen (secondary N) is 3. The van der Waals surface area contributed by atoms with Crippen molar-refractivity contribution in [1.29, 1.82) is 0 Å². The van der Waals surface area contributed by atoms with Crippen molar-refractivity contribution in [2.45, 2.75) is 6.42 Å². The van der Waals surface area contributed by atoms with E-state index in [4.69, 9.17) is 5.84 Å². The summed E-state index contributed by atoms with van der Waals surface area (Å²) in [4.78, 5) is 14.7. The fourth-order valence-electron chi connectivity index (χ4n) is 1.24. The van der Waals surface area contributed by atoms with Crippen LogP contribution in [-0.4, -0.2) is 32.0 Å². The fraction of sp³-hybridized carbons (Fsp3) is 0.714. The summed E-state index contributed by atoms with van der Waals surface area (Å²) in [6.45, 7) is 1.43. The molecule has 0 aromatic heterocycles. The lowest BCUT2D eigenvalue weighted by molar-refractivity contribution is -0.119. The van der Waals surface area contributed by atoms with Crippen molar-refractivity contribution in [2.24, 2.45) is 16.8 Å². The third-order valence-corrected chi connectivity index (χ3v) is 1.98. The van der Waals surface area contributed by atoms with Gasteiger partial charge in [-0.3, -0.25) is 15.2 Å². The zero-order chi connectivity index (χ0) is 9.68. The van der Waals surface area contributed by atoms with E-state index in [0.29, 0.717) is 24.8 Å². The maximum Gasteiger partial charge on any atom is 0.220 e. The molecule has 1 unspecified atom stereocenters. The Balaban J connectivity index is 2.22. The highest BCUT2D eigenvalue weighted by molar-refractivity contribution is 5.80. The Labute approximate surface area is 76.9 Å². The van der Waals surface area contributed by atoms with Crippen LogP contribution in [0.5, 0.6) is 0 Å². The predicted octanol–water partition coefficient (Wildman–Crippen LogP) is -1.84. The molecule has 0 radical (unpaired) electrons. The van der Waals surface area contributed by atoms with Gasteiger partial charge < -0.3 is 10.6 Å². The zero-order valence-electron chi connectivity index (χ0n) is 7.63. The second-order valence-corrected chi connectivity index (χ2v) is 2.97. The molecule has 0 saturated carbocycles. The van der Waals surface area contributed by atoms with Crippen LogP contribution < -0.4 is 21.9 Å². The lowest BCUT2D eigenvalue weighted by Gasteiger charge is -2.11. The molecule has 0 aliphatic carbocycles. The van der Waals surface area contributed by atoms with Crippen molar-refractivity contribution in [3.63, 3.8) is 0 Å². The number of nitrogens with zero attached hydrogens (tertiary/aromatic N) is 1. The van der Waals surface area contributed by atoms with E-state index in [-0.39, 0.29) is 5.91 Å². The average Bonchev–Trinajstić information content (AvgIpc) is 2.53. The van der Waals surface area contributed by atoms with Gasteiger partial charge in [0, 0.05) is 32.5 Å². The number of carbonyl (C=O) groups excluding carboxylic acids is 1. The van der Waals surface area contributed by atoms with Crippen molar-refractivity contribution in [1.82, 2.24) is 16.1 Å². The van der Waals surface area contributed by atoms with Crippen LogP contribution in [0.1, 0.15) is 6.42 Å². The molecule has 13 heavy (non-hydrogen) atoms. The molecular weight excluding hydrogens is 170 g/mol. The van der Waals surface area contributed by atoms with E-state index < -0.39 is 0 Å². The van der Waals surface area contributed by atoms with Gasteiger partial charge >= 0.3 is 0 Å². The van der Waals surface area contributed by atoms with Crippen LogP contribution in [-0.2, 0) is 4.79 Å². The highest BCUT2D eigenvalue weighted by Gasteiger charge is 2.20. The first kappa shape index (κ1) is 9.79. The number of hydrogen-bond acceptors (Lipinski definition) is 3. The summed E-state index contributed by atoms with van der Waals surface area (Å²) in [5, 5.41) is 5.76. The Morgan fingerprint density at radius 1 is 1.85 bits per heavy atom. The molecule has 74 valence electrons. The number of rotatable bonds is 2. The van der Waals surface area contributed by atoms with Crippen molar-refractivity contribution in [2.75, 3.05) is 20.1 Å². The molecule has 0 spiro atoms. The summed E-state index contributed by atoms with van der Waals surface area (Å²) < 4.78 is 0. The number of carbonyl (C=O) groups is 1. The van der Waals surface area contributed by atoms with Crippen LogP contribution in [0.25, 0.3) is 0 Å². The highest BCUT2D eigenvalue weighted by atomic mass is 16.1. The standard InChI is InChI=1S/C7H15N5O/c1-9-7(12-8)11-4-5-2-6(13)10-3-5/h5H,2-4,8H2,1H3,(H,10,13)(H2,9,11,12). The molecule has 6 nitrogen and oxygen atoms in total. The number of aliphatic imine (C=N–C) groups is 1. The van der Waals surface area contributed by atoms with Gasteiger partial charge in [0.1, 0.15) is 0 Å². The highest BCUT2D eigenvalue weighted by Crippen LogP contribution is 2.06. The molecular formula is C7H15N5O. The number of hydrazine groups is 1. The van der Waals surface area contributed by atoms with Crippen LogP contribution in [0.15, 0.2) is 4.99 Å². The van der Waals surface area contributed by atoms with E-state index in [1.165, 1.54) is 0 Å². The summed E-state index contributed by atoms with van der Waals surface area (Å²) in [6, 6.07) is 0. The Morgan fingerprint density at radius 2 is 2.62 bits per heavy atom. The average molecular weight is 185 g/mol. The molecule has 1 saturated heterocycles. The van der Waals surface area contributed by atoms with Crippen molar-refractivity contribution in [3.05, 3.63) is 0 Å². The zero-order valence-corrected chi connectivity index (χ0v) is 7.63. The van der Waals surface area contributed by atoms with Crippen LogP contribution in [0, 0.1) is 5.92 Å². The summed E-state index contributed by atoms with van der Waals surface area (Å²) in [5.74, 6) is 6.16. The summed E-state index contributed by atoms with van der Waals surface area (Å²) >= 11 is 0. The van der Waals surface area contributed by atoms with Gasteiger partial charge in [0.25, 0.3) is 0 Å². The monoisotopic (exact) mass is 185 g/mol. The van der Waals surface area contributed by atoms with Crippen LogP contribution in [0.4, 0.5) is 0 Å². The van der Waals surface area contributed by atoms with Crippen molar-refractivity contribution in [3.8, 4) is 0 Å². The summed E-state index contributed by atoms with van der Waals surface area (Å²) in [5.41, 5.74) is 2.42. The van der Waals surface area contributed by atoms with Gasteiger partial charge in [-0.25, -0.2) is 5.84 Å². The smallest absolute Gasteiger partial charge is 0.220 e. The fourth-order valence-corrected chi connectivity index (χ4v) is 1.24. The number of hydrogen-bond donors (Lipinski definition) is 4. The Kier molecular flexibility index (Phi) is 3.51. The first-order valence-electron chi connectivity index (χ1n) is 4.20. The van der Waals surface area contributed by atoms with Gasteiger partial charge in [-0.05, 0) is 0 Å². The first-order chi connectivity index (χ1) is 6.26. The van der Waals surface area contributed by atoms with Gasteiger partial charge in [0.2, 0.25) is 11.9 Å². The molecule has 1 aliphatic rings. The number of nitrogens with two attached hydrogens (primary N) is 1. The molecule has 1 atom stereocenters. The normalized spacial score (nSPS) is 22.8. The van der Waals surface area contributed by atoms with Gasteiger partial charge in [0.05, 0.1) is 0 Å². The van der Waals surface area contributed by atoms with Crippen LogP contribution in [0.3, 0.4) is 0 Å². The van der Waals surface area contributed by atoms with E-state index in [0.717, 1.165) is 6.54 Å². The summed E-state index contributed by atoms with van der Waals surface area (Å²) in [6.07, 6.45) is 0.578. The van der Waals surface area contributed by atoms with E-state index in [1.54, 1.807) is 7.05 Å². The second kappa shape index (κ2) is 4.66. The molecule has 1 fully saturated rings. The minimum atomic E-state index is 0.113. The summed E-state index contributed by atoms with van der Waals surface area (Å²) in [7, 11) is 1.64. The minimum Gasteiger partial charge on any atom is -0.356 e. The van der Waals surface area contributed by atoms with Crippen molar-refractivity contribution >= 4 is 11.9 Å². The van der Waals surface area contributed by atoms with E-state index in [1.807, 2.05) is 0 Å². The topological polar surface area (TPSA) is 91.5 Å². The maximum atomic E-state index is 10.8. The van der Waals surface area contributed by atoms with E-state index in [2.05, 4.69) is 21.1 Å². The van der Waals surface area contributed by atoms with Crippen LogP contribution >= 0.6 is 0 Å². The van der Waals surface area contributed by atoms with Gasteiger partial charge in [-0.1, -0.05) is 0 Å². The van der Waals surface area contributed by atoms with Crippen molar-refractivity contribution < 1.29 is 4.79 Å². The van der Waals surface area contributed by atoms with Gasteiger partial charge in [0.15, 0.2) is 0 Å². The lowest BCUT2D eigenvalue weighted by atomic mass is 10.1. The third-order valence-electron chi connectivity index (χ3n) is 1.98. The quantitative estimate of drug-likeness (QED) is 0.176. The Morgan fingerprint density at radius 3 is 3.08 bits per heavy atom. The molecule has 1 rings (SSSR count). The maximum absolute atomic E-state index is 10.8. The Hall–Kier alpha value is -1.30. The van der Waals surface area contributed by atoms with E-state index in [9.17, 15) is 4.79 Å². The molecule has 1 aliphatic heterocycles. The SMILES string of the molecule is CN=C(NN)NCC1CNC(=O)C1. The molecule has 5 N–H and O–H groups in total. The van der Waals surface area contributed by atoms with Gasteiger partial charge in [-0.2, -0.15) is 0 Å². The third kappa shape index (κ3) is 2.90. The second-order valence-electron chi connectivity index (χ2n) is 2.97. The number of guanidine groups is 1.